The summed E-state index contributed by atoms with van der Waals surface area (Å²) >= 11 is 0. The standard InChI is InChI=1S/C13H17FO/c1-9-7-11(5-6-13(9)14)10-3-2-4-12(15)8-10/h5-7,10,12,15H,2-4,8H2,1H3. The van der Waals surface area contributed by atoms with Crippen molar-refractivity contribution in [2.24, 2.45) is 0 Å². The van der Waals surface area contributed by atoms with E-state index in [9.17, 15) is 9.50 Å². The highest BCUT2D eigenvalue weighted by atomic mass is 19.1. The number of aliphatic hydroxyl groups is 1. The average molecular weight is 208 g/mol. The van der Waals surface area contributed by atoms with Crippen molar-refractivity contribution in [2.75, 3.05) is 0 Å². The van der Waals surface area contributed by atoms with E-state index in [1.165, 1.54) is 11.6 Å². The molecule has 0 aliphatic heterocycles. The second kappa shape index (κ2) is 4.31. The van der Waals surface area contributed by atoms with Crippen LogP contribution in [0.25, 0.3) is 0 Å². The third-order valence-corrected chi connectivity index (χ3v) is 3.30. The first-order chi connectivity index (χ1) is 7.16. The predicted molar refractivity (Wildman–Crippen MR) is 58.4 cm³/mol. The molecule has 82 valence electrons. The summed E-state index contributed by atoms with van der Waals surface area (Å²) in [4.78, 5) is 0. The first-order valence-corrected chi connectivity index (χ1v) is 5.61. The van der Waals surface area contributed by atoms with Gasteiger partial charge in [-0.3, -0.25) is 0 Å². The van der Waals surface area contributed by atoms with Crippen LogP contribution in [-0.2, 0) is 0 Å². The van der Waals surface area contributed by atoms with E-state index >= 15 is 0 Å². The number of hydrogen-bond donors (Lipinski definition) is 1. The lowest BCUT2D eigenvalue weighted by Gasteiger charge is -2.26. The Bertz CT molecular complexity index is 348. The van der Waals surface area contributed by atoms with E-state index in [4.69, 9.17) is 0 Å². The lowest BCUT2D eigenvalue weighted by atomic mass is 9.82. The van der Waals surface area contributed by atoms with Crippen molar-refractivity contribution in [3.05, 3.63) is 35.1 Å². The minimum Gasteiger partial charge on any atom is -0.393 e. The van der Waals surface area contributed by atoms with Gasteiger partial charge in [0.2, 0.25) is 0 Å². The Morgan fingerprint density at radius 3 is 2.80 bits per heavy atom. The highest BCUT2D eigenvalue weighted by Crippen LogP contribution is 2.33. The molecule has 0 spiro atoms. The lowest BCUT2D eigenvalue weighted by Crippen LogP contribution is -2.18. The first kappa shape index (κ1) is 10.6. The van der Waals surface area contributed by atoms with Crippen LogP contribution >= 0.6 is 0 Å². The number of hydrogen-bond acceptors (Lipinski definition) is 1. The van der Waals surface area contributed by atoms with Crippen molar-refractivity contribution in [3.63, 3.8) is 0 Å². The summed E-state index contributed by atoms with van der Waals surface area (Å²) in [6, 6.07) is 5.30. The Hall–Kier alpha value is -0.890. The van der Waals surface area contributed by atoms with Crippen molar-refractivity contribution in [1.29, 1.82) is 0 Å². The minimum atomic E-state index is -0.172. The molecule has 2 atom stereocenters. The molecule has 0 heterocycles. The third kappa shape index (κ3) is 2.37. The predicted octanol–water partition coefficient (Wildman–Crippen LogP) is 3.15. The van der Waals surface area contributed by atoms with Crippen molar-refractivity contribution in [3.8, 4) is 0 Å². The monoisotopic (exact) mass is 208 g/mol. The van der Waals surface area contributed by atoms with Crippen LogP contribution in [0.5, 0.6) is 0 Å². The molecule has 1 N–H and O–H groups in total. The Balaban J connectivity index is 2.18. The van der Waals surface area contributed by atoms with Crippen LogP contribution in [0.15, 0.2) is 18.2 Å². The zero-order valence-electron chi connectivity index (χ0n) is 9.04. The number of aryl methyl sites for hydroxylation is 1. The van der Waals surface area contributed by atoms with Crippen LogP contribution in [0.4, 0.5) is 4.39 Å². The Labute approximate surface area is 89.9 Å². The van der Waals surface area contributed by atoms with Crippen molar-refractivity contribution in [1.82, 2.24) is 0 Å². The molecule has 0 saturated heterocycles. The highest BCUT2D eigenvalue weighted by Gasteiger charge is 2.21. The normalized spacial score (nSPS) is 26.6. The molecule has 1 nitrogen and oxygen atoms in total. The van der Waals surface area contributed by atoms with Gasteiger partial charge in [-0.1, -0.05) is 18.6 Å². The average Bonchev–Trinajstić information content (AvgIpc) is 2.22. The smallest absolute Gasteiger partial charge is 0.126 e. The van der Waals surface area contributed by atoms with Crippen molar-refractivity contribution < 1.29 is 9.50 Å². The van der Waals surface area contributed by atoms with Gasteiger partial charge in [0.1, 0.15) is 5.82 Å². The molecule has 1 aromatic carbocycles. The topological polar surface area (TPSA) is 20.2 Å². The fourth-order valence-corrected chi connectivity index (χ4v) is 2.39. The van der Waals surface area contributed by atoms with Gasteiger partial charge in [-0.25, -0.2) is 4.39 Å². The third-order valence-electron chi connectivity index (χ3n) is 3.30. The lowest BCUT2D eigenvalue weighted by molar-refractivity contribution is 0.119. The maximum atomic E-state index is 13.1. The summed E-state index contributed by atoms with van der Waals surface area (Å²) in [6.45, 7) is 1.79. The summed E-state index contributed by atoms with van der Waals surface area (Å²) < 4.78 is 13.1. The zero-order chi connectivity index (χ0) is 10.8. The molecular formula is C13H17FO. The second-order valence-electron chi connectivity index (χ2n) is 4.53. The van der Waals surface area contributed by atoms with Crippen LogP contribution in [-0.4, -0.2) is 11.2 Å². The van der Waals surface area contributed by atoms with Gasteiger partial charge in [0.25, 0.3) is 0 Å². The first-order valence-electron chi connectivity index (χ1n) is 5.61. The molecule has 15 heavy (non-hydrogen) atoms. The molecule has 1 aromatic rings. The van der Waals surface area contributed by atoms with Gasteiger partial charge in [-0.2, -0.15) is 0 Å². The largest absolute Gasteiger partial charge is 0.393 e. The number of rotatable bonds is 1. The maximum absolute atomic E-state index is 13.1. The zero-order valence-corrected chi connectivity index (χ0v) is 9.04. The van der Waals surface area contributed by atoms with Gasteiger partial charge in [-0.05, 0) is 49.3 Å². The van der Waals surface area contributed by atoms with Gasteiger partial charge < -0.3 is 5.11 Å². The Kier molecular flexibility index (Phi) is 3.06. The van der Waals surface area contributed by atoms with E-state index in [0.717, 1.165) is 25.7 Å². The van der Waals surface area contributed by atoms with Gasteiger partial charge in [0, 0.05) is 0 Å². The molecule has 0 radical (unpaired) electrons. The van der Waals surface area contributed by atoms with Crippen LogP contribution < -0.4 is 0 Å². The molecule has 0 amide bonds. The van der Waals surface area contributed by atoms with E-state index in [-0.39, 0.29) is 11.9 Å². The fourth-order valence-electron chi connectivity index (χ4n) is 2.39. The molecular weight excluding hydrogens is 191 g/mol. The highest BCUT2D eigenvalue weighted by molar-refractivity contribution is 5.27. The molecule has 1 saturated carbocycles. The van der Waals surface area contributed by atoms with Crippen molar-refractivity contribution >= 4 is 0 Å². The molecule has 1 aliphatic carbocycles. The van der Waals surface area contributed by atoms with Crippen LogP contribution in [0.1, 0.15) is 42.7 Å². The summed E-state index contributed by atoms with van der Waals surface area (Å²) in [6.07, 6.45) is 3.75. The number of benzene rings is 1. The summed E-state index contributed by atoms with van der Waals surface area (Å²) in [5, 5.41) is 9.59. The van der Waals surface area contributed by atoms with Crippen molar-refractivity contribution in [2.45, 2.75) is 44.6 Å². The Morgan fingerprint density at radius 1 is 1.33 bits per heavy atom. The number of halogens is 1. The molecule has 1 fully saturated rings. The minimum absolute atomic E-state index is 0.143. The number of aliphatic hydroxyl groups excluding tert-OH is 1. The van der Waals surface area contributed by atoms with E-state index < -0.39 is 0 Å². The quantitative estimate of drug-likeness (QED) is 0.751. The fraction of sp³-hybridized carbons (Fsp3) is 0.538. The van der Waals surface area contributed by atoms with Gasteiger partial charge in [0.05, 0.1) is 6.10 Å². The van der Waals surface area contributed by atoms with E-state index in [1.807, 2.05) is 12.1 Å². The van der Waals surface area contributed by atoms with Crippen LogP contribution in [0.3, 0.4) is 0 Å². The molecule has 2 heteroatoms. The van der Waals surface area contributed by atoms with E-state index in [1.54, 1.807) is 6.92 Å². The van der Waals surface area contributed by atoms with Crippen LogP contribution in [0, 0.1) is 12.7 Å². The molecule has 0 bridgehead atoms. The summed E-state index contributed by atoms with van der Waals surface area (Å²) in [7, 11) is 0. The maximum Gasteiger partial charge on any atom is 0.126 e. The summed E-state index contributed by atoms with van der Waals surface area (Å²) in [5.74, 6) is 0.267. The van der Waals surface area contributed by atoms with E-state index in [2.05, 4.69) is 0 Å². The molecule has 0 aromatic heterocycles. The Morgan fingerprint density at radius 2 is 2.13 bits per heavy atom. The molecule has 2 unspecified atom stereocenters. The SMILES string of the molecule is Cc1cc(C2CCCC(O)C2)ccc1F. The van der Waals surface area contributed by atoms with Gasteiger partial charge >= 0.3 is 0 Å². The van der Waals surface area contributed by atoms with Gasteiger partial charge in [-0.15, -0.1) is 0 Å². The summed E-state index contributed by atoms with van der Waals surface area (Å²) in [5.41, 5.74) is 1.88. The molecule has 2 rings (SSSR count). The van der Waals surface area contributed by atoms with Crippen LogP contribution in [0.2, 0.25) is 0 Å². The molecule has 1 aliphatic rings. The van der Waals surface area contributed by atoms with Gasteiger partial charge in [0.15, 0.2) is 0 Å². The second-order valence-corrected chi connectivity index (χ2v) is 4.53. The van der Waals surface area contributed by atoms with E-state index in [0.29, 0.717) is 11.5 Å².